The number of aryl methyl sites for hydroxylation is 1. The number of hydrogen-bond donors (Lipinski definition) is 2. The second-order valence-corrected chi connectivity index (χ2v) is 12.5. The van der Waals surface area contributed by atoms with Crippen molar-refractivity contribution in [3.63, 3.8) is 0 Å². The van der Waals surface area contributed by atoms with Gasteiger partial charge >= 0.3 is 6.03 Å². The lowest BCUT2D eigenvalue weighted by molar-refractivity contribution is 0.247. The topological polar surface area (TPSA) is 93.1 Å². The Morgan fingerprint density at radius 2 is 1.89 bits per heavy atom. The first kappa shape index (κ1) is 26.4. The zero-order valence-electron chi connectivity index (χ0n) is 19.7. The van der Waals surface area contributed by atoms with Crippen molar-refractivity contribution in [1.82, 2.24) is 19.8 Å². The standard InChI is InChI=1S/C26H21Cl2FN4O3S2/c27-22-14-23(37-25(22)28)38(35,36)32-26(34)30-12-11-17-3-1-5-19-15-31-33(24(17)19)21-6-2-4-18(13-21)16-7-9-20(29)10-8-16/h2,4,6-11,13-15H,1,3,5,12H2,(H2,30,32,34). The number of allylic oxidation sites excluding steroid dienone is 1. The highest BCUT2D eigenvalue weighted by Gasteiger charge is 2.23. The molecular weight excluding hydrogens is 570 g/mol. The van der Waals surface area contributed by atoms with Gasteiger partial charge in [-0.25, -0.2) is 27.0 Å². The maximum absolute atomic E-state index is 13.4. The molecule has 38 heavy (non-hydrogen) atoms. The zero-order valence-corrected chi connectivity index (χ0v) is 22.9. The zero-order chi connectivity index (χ0) is 26.9. The van der Waals surface area contributed by atoms with Gasteiger partial charge in [0.15, 0.2) is 0 Å². The van der Waals surface area contributed by atoms with Crippen LogP contribution < -0.4 is 10.0 Å². The molecule has 7 nitrogen and oxygen atoms in total. The number of rotatable bonds is 6. The molecule has 5 rings (SSSR count). The third-order valence-electron chi connectivity index (χ3n) is 6.04. The number of thiophene rings is 1. The predicted octanol–water partition coefficient (Wildman–Crippen LogP) is 6.45. The van der Waals surface area contributed by atoms with E-state index in [1.54, 1.807) is 12.1 Å². The van der Waals surface area contributed by atoms with E-state index in [0.717, 1.165) is 64.2 Å². The normalized spacial score (nSPS) is 14.3. The maximum Gasteiger partial charge on any atom is 0.328 e. The molecule has 196 valence electrons. The Bertz CT molecular complexity index is 1630. The number of nitrogens with one attached hydrogen (secondary N) is 2. The van der Waals surface area contributed by atoms with E-state index < -0.39 is 16.1 Å². The van der Waals surface area contributed by atoms with Crippen molar-refractivity contribution in [2.45, 2.75) is 23.5 Å². The number of amides is 2. The summed E-state index contributed by atoms with van der Waals surface area (Å²) in [4.78, 5) is 12.3. The lowest BCUT2D eigenvalue weighted by Gasteiger charge is -2.18. The Kier molecular flexibility index (Phi) is 7.58. The highest BCUT2D eigenvalue weighted by Crippen LogP contribution is 2.35. The summed E-state index contributed by atoms with van der Waals surface area (Å²) >= 11 is 12.4. The molecule has 1 aliphatic rings. The second-order valence-electron chi connectivity index (χ2n) is 8.57. The minimum absolute atomic E-state index is 0.107. The summed E-state index contributed by atoms with van der Waals surface area (Å²) in [5.74, 6) is -0.291. The van der Waals surface area contributed by atoms with E-state index in [0.29, 0.717) is 0 Å². The SMILES string of the molecule is O=C(NCC=C1CCCc2cnn(-c3cccc(-c4ccc(F)cc4)c3)c21)NS(=O)(=O)c1cc(Cl)c(Cl)s1. The average molecular weight is 592 g/mol. The summed E-state index contributed by atoms with van der Waals surface area (Å²) in [7, 11) is -4.10. The highest BCUT2D eigenvalue weighted by atomic mass is 35.5. The van der Waals surface area contributed by atoms with Crippen LogP contribution in [0.15, 0.2) is 71.1 Å². The van der Waals surface area contributed by atoms with Gasteiger partial charge in [0.05, 0.1) is 22.6 Å². The van der Waals surface area contributed by atoms with Crippen molar-refractivity contribution in [3.05, 3.63) is 93.3 Å². The van der Waals surface area contributed by atoms with Crippen LogP contribution in [0, 0.1) is 5.82 Å². The molecule has 2 aromatic carbocycles. The van der Waals surface area contributed by atoms with Gasteiger partial charge in [-0.05, 0) is 71.9 Å². The van der Waals surface area contributed by atoms with E-state index in [1.165, 1.54) is 18.2 Å². The molecule has 0 aliphatic heterocycles. The number of nitrogens with zero attached hydrogens (tertiary/aromatic N) is 2. The molecule has 0 atom stereocenters. The first-order valence-corrected chi connectivity index (χ1v) is 14.6. The largest absolute Gasteiger partial charge is 0.334 e. The molecule has 2 heterocycles. The van der Waals surface area contributed by atoms with Gasteiger partial charge in [0.2, 0.25) is 0 Å². The van der Waals surface area contributed by atoms with E-state index in [1.807, 2.05) is 45.9 Å². The Morgan fingerprint density at radius 1 is 1.11 bits per heavy atom. The molecule has 0 saturated heterocycles. The van der Waals surface area contributed by atoms with Crippen molar-refractivity contribution in [2.24, 2.45) is 0 Å². The van der Waals surface area contributed by atoms with Crippen LogP contribution in [0.1, 0.15) is 24.1 Å². The van der Waals surface area contributed by atoms with Gasteiger partial charge in [0, 0.05) is 6.54 Å². The molecule has 0 radical (unpaired) electrons. The van der Waals surface area contributed by atoms with Crippen LogP contribution in [0.5, 0.6) is 0 Å². The molecule has 12 heteroatoms. The van der Waals surface area contributed by atoms with Gasteiger partial charge < -0.3 is 5.32 Å². The fourth-order valence-electron chi connectivity index (χ4n) is 4.28. The summed E-state index contributed by atoms with van der Waals surface area (Å²) in [5, 5.41) is 7.29. The molecule has 2 aromatic heterocycles. The maximum atomic E-state index is 13.4. The number of aromatic nitrogens is 2. The van der Waals surface area contributed by atoms with Crippen molar-refractivity contribution >= 4 is 56.2 Å². The molecule has 0 bridgehead atoms. The Balaban J connectivity index is 1.33. The number of carbonyl (C=O) groups is 1. The van der Waals surface area contributed by atoms with Crippen LogP contribution in [0.4, 0.5) is 9.18 Å². The fraction of sp³-hybridized carbons (Fsp3) is 0.154. The van der Waals surface area contributed by atoms with Gasteiger partial charge in [-0.1, -0.05) is 53.5 Å². The quantitative estimate of drug-likeness (QED) is 0.270. The number of benzene rings is 2. The van der Waals surface area contributed by atoms with E-state index in [4.69, 9.17) is 23.2 Å². The molecule has 0 saturated carbocycles. The fourth-order valence-corrected chi connectivity index (χ4v) is 7.09. The number of hydrogen-bond acceptors (Lipinski definition) is 5. The van der Waals surface area contributed by atoms with E-state index in [2.05, 4.69) is 10.4 Å². The number of halogens is 3. The average Bonchev–Trinajstić information content (AvgIpc) is 3.48. The van der Waals surface area contributed by atoms with Crippen molar-refractivity contribution in [2.75, 3.05) is 6.54 Å². The van der Waals surface area contributed by atoms with Gasteiger partial charge in [-0.15, -0.1) is 11.3 Å². The summed E-state index contributed by atoms with van der Waals surface area (Å²) < 4.78 is 42.0. The first-order chi connectivity index (χ1) is 18.2. The number of fused-ring (bicyclic) bond motifs is 1. The van der Waals surface area contributed by atoms with Crippen LogP contribution in [0.25, 0.3) is 22.4 Å². The molecule has 0 fully saturated rings. The molecule has 0 spiro atoms. The van der Waals surface area contributed by atoms with Crippen LogP contribution in [0.2, 0.25) is 9.36 Å². The molecule has 4 aromatic rings. The first-order valence-electron chi connectivity index (χ1n) is 11.6. The highest BCUT2D eigenvalue weighted by molar-refractivity contribution is 7.92. The molecule has 2 N–H and O–H groups in total. The van der Waals surface area contributed by atoms with Crippen molar-refractivity contribution < 1.29 is 17.6 Å². The van der Waals surface area contributed by atoms with Crippen molar-refractivity contribution in [3.8, 4) is 16.8 Å². The van der Waals surface area contributed by atoms with Crippen LogP contribution in [-0.2, 0) is 16.4 Å². The lowest BCUT2D eigenvalue weighted by atomic mass is 9.92. The second kappa shape index (κ2) is 10.9. The molecule has 1 aliphatic carbocycles. The smallest absolute Gasteiger partial charge is 0.328 e. The number of sulfonamides is 1. The summed E-state index contributed by atoms with van der Waals surface area (Å²) in [6.07, 6.45) is 6.30. The summed E-state index contributed by atoms with van der Waals surface area (Å²) in [5.41, 5.74) is 5.71. The van der Waals surface area contributed by atoms with Gasteiger partial charge in [-0.2, -0.15) is 5.10 Å². The summed E-state index contributed by atoms with van der Waals surface area (Å²) in [6.45, 7) is 0.114. The lowest BCUT2D eigenvalue weighted by Crippen LogP contribution is -2.39. The van der Waals surface area contributed by atoms with Crippen LogP contribution in [0.3, 0.4) is 0 Å². The minimum atomic E-state index is -4.10. The van der Waals surface area contributed by atoms with E-state index >= 15 is 0 Å². The predicted molar refractivity (Wildman–Crippen MR) is 148 cm³/mol. The van der Waals surface area contributed by atoms with E-state index in [-0.39, 0.29) is 25.9 Å². The Labute approximate surface area is 233 Å². The number of urea groups is 1. The molecule has 0 unspecified atom stereocenters. The van der Waals surface area contributed by atoms with E-state index in [9.17, 15) is 17.6 Å². The van der Waals surface area contributed by atoms with Crippen LogP contribution >= 0.6 is 34.5 Å². The Hall–Kier alpha value is -3.18. The van der Waals surface area contributed by atoms with Gasteiger partial charge in [0.1, 0.15) is 14.4 Å². The van der Waals surface area contributed by atoms with Crippen LogP contribution in [-0.4, -0.2) is 30.8 Å². The Morgan fingerprint density at radius 3 is 2.63 bits per heavy atom. The molecule has 2 amide bonds. The summed E-state index contributed by atoms with van der Waals surface area (Å²) in [6, 6.07) is 14.5. The monoisotopic (exact) mass is 590 g/mol. The number of carbonyl (C=O) groups excluding carboxylic acids is 1. The third kappa shape index (κ3) is 5.63. The van der Waals surface area contributed by atoms with Gasteiger partial charge in [0.25, 0.3) is 10.0 Å². The molecular formula is C26H21Cl2FN4O3S2. The third-order valence-corrected chi connectivity index (χ3v) is 9.71. The van der Waals surface area contributed by atoms with Gasteiger partial charge in [-0.3, -0.25) is 0 Å². The minimum Gasteiger partial charge on any atom is -0.334 e. The van der Waals surface area contributed by atoms with Crippen molar-refractivity contribution in [1.29, 1.82) is 0 Å².